The van der Waals surface area contributed by atoms with Crippen molar-refractivity contribution < 1.29 is 32.2 Å². The zero-order valence-corrected chi connectivity index (χ0v) is 29.6. The van der Waals surface area contributed by atoms with Gasteiger partial charge in [0.1, 0.15) is 22.1 Å². The molecule has 0 fully saturated rings. The van der Waals surface area contributed by atoms with E-state index in [1.54, 1.807) is 48.5 Å². The predicted molar refractivity (Wildman–Crippen MR) is 194 cm³/mol. The maximum Gasteiger partial charge on any atom is 0.344 e. The SMILES string of the molecule is CCCCCCCCCCCCOc1ccc(Cl)cc1S(=O)(=O)Nc1ccc(C2=c3cc4c(cc3OC2=O)=C(c2ccccc2)C(=O)O4)cc1. The van der Waals surface area contributed by atoms with Crippen molar-refractivity contribution in [2.24, 2.45) is 0 Å². The highest BCUT2D eigenvalue weighted by molar-refractivity contribution is 7.92. The fraction of sp³-hybridized carbons (Fsp3) is 0.300. The number of benzene rings is 4. The molecule has 0 amide bonds. The lowest BCUT2D eigenvalue weighted by Gasteiger charge is -2.14. The van der Waals surface area contributed by atoms with Crippen molar-refractivity contribution >= 4 is 50.4 Å². The number of rotatable bonds is 17. The normalized spacial score (nSPS) is 13.6. The van der Waals surface area contributed by atoms with Crippen LogP contribution in [0.5, 0.6) is 17.2 Å². The Hall–Kier alpha value is -4.60. The highest BCUT2D eigenvalue weighted by Gasteiger charge is 2.30. The molecular weight excluding hydrogens is 674 g/mol. The number of hydrogen-bond donors (Lipinski definition) is 1. The number of anilines is 1. The molecule has 0 aromatic heterocycles. The minimum atomic E-state index is -4.07. The van der Waals surface area contributed by atoms with Gasteiger partial charge in [0.15, 0.2) is 0 Å². The van der Waals surface area contributed by atoms with Crippen molar-refractivity contribution in [2.75, 3.05) is 11.3 Å². The molecule has 2 aliphatic rings. The average molecular weight is 714 g/mol. The molecule has 0 unspecified atom stereocenters. The number of ether oxygens (including phenoxy) is 3. The van der Waals surface area contributed by atoms with Crippen LogP contribution in [0.25, 0.3) is 11.1 Å². The summed E-state index contributed by atoms with van der Waals surface area (Å²) >= 11 is 6.21. The van der Waals surface area contributed by atoms with Gasteiger partial charge in [-0.05, 0) is 60.0 Å². The van der Waals surface area contributed by atoms with Gasteiger partial charge >= 0.3 is 11.9 Å². The van der Waals surface area contributed by atoms with Gasteiger partial charge in [-0.3, -0.25) is 4.72 Å². The van der Waals surface area contributed by atoms with E-state index in [1.807, 2.05) is 30.3 Å². The first-order valence-corrected chi connectivity index (χ1v) is 19.1. The zero-order valence-electron chi connectivity index (χ0n) is 28.0. The van der Waals surface area contributed by atoms with Crippen molar-refractivity contribution in [3.63, 3.8) is 0 Å². The largest absolute Gasteiger partial charge is 0.492 e. The molecule has 0 bridgehead atoms. The number of esters is 2. The van der Waals surface area contributed by atoms with Gasteiger partial charge < -0.3 is 14.2 Å². The fourth-order valence-electron chi connectivity index (χ4n) is 6.29. The summed E-state index contributed by atoms with van der Waals surface area (Å²) in [7, 11) is -4.07. The van der Waals surface area contributed by atoms with E-state index in [1.165, 1.54) is 51.0 Å². The molecule has 0 radical (unpaired) electrons. The second-order valence-electron chi connectivity index (χ2n) is 12.5. The summed E-state index contributed by atoms with van der Waals surface area (Å²) in [6.07, 6.45) is 11.9. The Balaban J connectivity index is 1.13. The van der Waals surface area contributed by atoms with E-state index in [-0.39, 0.29) is 26.9 Å². The van der Waals surface area contributed by atoms with Crippen LogP contribution in [-0.2, 0) is 19.6 Å². The van der Waals surface area contributed by atoms with Gasteiger partial charge in [0.2, 0.25) is 0 Å². The molecule has 1 N–H and O–H groups in total. The van der Waals surface area contributed by atoms with Gasteiger partial charge in [-0.25, -0.2) is 18.0 Å². The monoisotopic (exact) mass is 713 g/mol. The van der Waals surface area contributed by atoms with Gasteiger partial charge in [0.25, 0.3) is 10.0 Å². The van der Waals surface area contributed by atoms with E-state index in [9.17, 15) is 18.0 Å². The minimum Gasteiger partial charge on any atom is -0.492 e. The summed E-state index contributed by atoms with van der Waals surface area (Å²) in [5.74, 6) is -0.164. The third-order valence-corrected chi connectivity index (χ3v) is 10.5. The molecule has 0 spiro atoms. The lowest BCUT2D eigenvalue weighted by Crippen LogP contribution is -2.15. The van der Waals surface area contributed by atoms with E-state index in [0.717, 1.165) is 19.3 Å². The first-order chi connectivity index (χ1) is 24.2. The highest BCUT2D eigenvalue weighted by Crippen LogP contribution is 2.31. The Morgan fingerprint density at radius 1 is 0.660 bits per heavy atom. The van der Waals surface area contributed by atoms with Crippen LogP contribution in [0.1, 0.15) is 82.3 Å². The second kappa shape index (κ2) is 16.0. The third kappa shape index (κ3) is 8.06. The van der Waals surface area contributed by atoms with Crippen molar-refractivity contribution in [3.05, 3.63) is 112 Å². The summed E-state index contributed by atoms with van der Waals surface area (Å²) in [6, 6.07) is 23.4. The molecule has 0 saturated heterocycles. The van der Waals surface area contributed by atoms with E-state index in [4.69, 9.17) is 25.8 Å². The van der Waals surface area contributed by atoms with Crippen molar-refractivity contribution in [2.45, 2.75) is 76.0 Å². The van der Waals surface area contributed by atoms with E-state index in [0.29, 0.717) is 45.2 Å². The van der Waals surface area contributed by atoms with Gasteiger partial charge in [-0.15, -0.1) is 0 Å². The third-order valence-electron chi connectivity index (χ3n) is 8.87. The van der Waals surface area contributed by atoms with E-state index < -0.39 is 22.0 Å². The number of unbranched alkanes of at least 4 members (excludes halogenated alkanes) is 9. The average Bonchev–Trinajstić information content (AvgIpc) is 3.60. The molecule has 2 aliphatic heterocycles. The fourth-order valence-corrected chi connectivity index (χ4v) is 7.76. The molecule has 2 heterocycles. The van der Waals surface area contributed by atoms with Gasteiger partial charge in [-0.1, -0.05) is 119 Å². The molecule has 4 aromatic rings. The van der Waals surface area contributed by atoms with Gasteiger partial charge in [0, 0.05) is 21.1 Å². The quantitative estimate of drug-likeness (QED) is 0.0680. The Labute approximate surface area is 297 Å². The van der Waals surface area contributed by atoms with Crippen molar-refractivity contribution in [1.29, 1.82) is 0 Å². The smallest absolute Gasteiger partial charge is 0.344 e. The first kappa shape index (κ1) is 35.2. The highest BCUT2D eigenvalue weighted by atomic mass is 35.5. The molecule has 50 heavy (non-hydrogen) atoms. The number of fused-ring (bicyclic) bond motifs is 2. The van der Waals surface area contributed by atoms with Crippen LogP contribution in [-0.4, -0.2) is 27.0 Å². The summed E-state index contributed by atoms with van der Waals surface area (Å²) in [6.45, 7) is 2.63. The Bertz CT molecular complexity index is 2110. The second-order valence-corrected chi connectivity index (χ2v) is 14.6. The number of hydrogen-bond acceptors (Lipinski definition) is 7. The van der Waals surface area contributed by atoms with Crippen LogP contribution in [0.3, 0.4) is 0 Å². The van der Waals surface area contributed by atoms with E-state index >= 15 is 0 Å². The summed E-state index contributed by atoms with van der Waals surface area (Å²) in [5, 5.41) is 1.30. The van der Waals surface area contributed by atoms with Crippen LogP contribution in [0, 0.1) is 0 Å². The molecule has 260 valence electrons. The maximum atomic E-state index is 13.5. The lowest BCUT2D eigenvalue weighted by molar-refractivity contribution is -0.128. The minimum absolute atomic E-state index is 0.0566. The topological polar surface area (TPSA) is 108 Å². The number of carbonyl (C=O) groups excluding carboxylic acids is 2. The summed E-state index contributed by atoms with van der Waals surface area (Å²) < 4.78 is 46.7. The van der Waals surface area contributed by atoms with Crippen LogP contribution >= 0.6 is 11.6 Å². The number of sulfonamides is 1. The molecule has 0 atom stereocenters. The van der Waals surface area contributed by atoms with Crippen LogP contribution < -0.4 is 29.4 Å². The molecular formula is C40H40ClNO7S. The predicted octanol–water partition coefficient (Wildman–Crippen LogP) is 7.68. The molecule has 0 aliphatic carbocycles. The van der Waals surface area contributed by atoms with Crippen LogP contribution in [0.15, 0.2) is 89.8 Å². The molecule has 4 aromatic carbocycles. The number of nitrogens with one attached hydrogen (secondary N) is 1. The standard InChI is InChI=1S/C40H40ClNO7S/c1-2-3-4-5-6-7-8-9-10-14-23-47-33-22-19-29(41)24-36(33)50(45,46)42-30-20-17-28(18-21-30)38-32-26-34-31(25-35(32)49-40(38)44)37(39(43)48-34)27-15-12-11-13-16-27/h11-13,15-22,24-26,42H,2-10,14,23H2,1H3. The lowest BCUT2D eigenvalue weighted by atomic mass is 10.0. The summed E-state index contributed by atoms with van der Waals surface area (Å²) in [4.78, 5) is 25.8. The van der Waals surface area contributed by atoms with Gasteiger partial charge in [0.05, 0.1) is 17.8 Å². The van der Waals surface area contributed by atoms with Gasteiger partial charge in [-0.2, -0.15) is 0 Å². The molecule has 6 rings (SSSR count). The van der Waals surface area contributed by atoms with E-state index in [2.05, 4.69) is 11.6 Å². The number of carbonyl (C=O) groups is 2. The maximum absolute atomic E-state index is 13.5. The zero-order chi connectivity index (χ0) is 35.1. The Kier molecular flexibility index (Phi) is 11.2. The Morgan fingerprint density at radius 3 is 1.78 bits per heavy atom. The number of halogens is 1. The van der Waals surface area contributed by atoms with Crippen molar-refractivity contribution in [3.8, 4) is 17.2 Å². The van der Waals surface area contributed by atoms with Crippen LogP contribution in [0.2, 0.25) is 5.02 Å². The van der Waals surface area contributed by atoms with Crippen LogP contribution in [0.4, 0.5) is 5.69 Å². The molecule has 0 saturated carbocycles. The first-order valence-electron chi connectivity index (χ1n) is 17.2. The van der Waals surface area contributed by atoms with Crippen molar-refractivity contribution in [1.82, 2.24) is 0 Å². The molecule has 10 heteroatoms. The summed E-state index contributed by atoms with van der Waals surface area (Å²) in [5.41, 5.74) is 2.17. The Morgan fingerprint density at radius 2 is 1.20 bits per heavy atom. The molecule has 8 nitrogen and oxygen atoms in total.